The molecule has 0 spiro atoms. The Hall–Kier alpha value is -4.41. The van der Waals surface area contributed by atoms with Gasteiger partial charge in [-0.1, -0.05) is 80.3 Å². The Balaban J connectivity index is 0.000000260. The van der Waals surface area contributed by atoms with Gasteiger partial charge in [-0.3, -0.25) is 0 Å². The van der Waals surface area contributed by atoms with Crippen molar-refractivity contribution in [1.29, 1.82) is 0 Å². The van der Waals surface area contributed by atoms with Gasteiger partial charge in [0.05, 0.1) is 10.3 Å². The number of thiophene rings is 1. The van der Waals surface area contributed by atoms with E-state index in [1.54, 1.807) is 17.5 Å². The minimum absolute atomic E-state index is 0. The van der Waals surface area contributed by atoms with E-state index >= 15 is 0 Å². The first-order chi connectivity index (χ1) is 22.7. The smallest absolute Gasteiger partial charge is 0.138 e. The summed E-state index contributed by atoms with van der Waals surface area (Å²) in [5.74, 6) is 0. The number of hydrogen-bond donors (Lipinski definition) is 0. The number of pyridine rings is 2. The minimum atomic E-state index is -0.0344. The monoisotopic (exact) mass is 821 g/mol. The molecule has 4 aromatic heterocycles. The summed E-state index contributed by atoms with van der Waals surface area (Å²) in [4.78, 5) is 10.5. The summed E-state index contributed by atoms with van der Waals surface area (Å²) < 4.78 is 7.80. The Bertz CT molecular complexity index is 2310. The summed E-state index contributed by atoms with van der Waals surface area (Å²) in [5, 5.41) is 3.48. The average molecular weight is 821 g/mol. The summed E-state index contributed by atoms with van der Waals surface area (Å²) in [6.45, 7) is 13.3. The van der Waals surface area contributed by atoms with Gasteiger partial charge < -0.3 is 14.4 Å². The van der Waals surface area contributed by atoms with Gasteiger partial charge in [-0.25, -0.2) is 0 Å². The molecule has 0 aliphatic heterocycles. The van der Waals surface area contributed by atoms with Crippen LogP contribution in [0.15, 0.2) is 114 Å². The number of fused-ring (bicyclic) bond motifs is 5. The second-order valence-electron chi connectivity index (χ2n) is 13.0. The third-order valence-corrected chi connectivity index (χ3v) is 9.64. The molecular weight excluding hydrogens is 785 g/mol. The van der Waals surface area contributed by atoms with Gasteiger partial charge in [-0.15, -0.1) is 65.4 Å². The fourth-order valence-corrected chi connectivity index (χ4v) is 7.32. The van der Waals surface area contributed by atoms with Crippen molar-refractivity contribution in [2.24, 2.45) is 0 Å². The molecule has 8 rings (SSSR count). The zero-order valence-corrected chi connectivity index (χ0v) is 31.1. The van der Waals surface area contributed by atoms with E-state index in [4.69, 9.17) is 9.40 Å². The van der Waals surface area contributed by atoms with E-state index in [-0.39, 0.29) is 25.5 Å². The number of aryl methyl sites for hydroxylation is 3. The second kappa shape index (κ2) is 13.6. The molecule has 0 bridgehead atoms. The van der Waals surface area contributed by atoms with Crippen molar-refractivity contribution in [3.05, 3.63) is 143 Å². The Kier molecular flexibility index (Phi) is 9.49. The van der Waals surface area contributed by atoms with E-state index in [0.717, 1.165) is 44.5 Å². The van der Waals surface area contributed by atoms with Crippen LogP contribution >= 0.6 is 11.3 Å². The second-order valence-corrected chi connectivity index (χ2v) is 14.3. The Morgan fingerprint density at radius 3 is 2.19 bits per heavy atom. The molecule has 241 valence electrons. The van der Waals surface area contributed by atoms with Crippen molar-refractivity contribution in [2.45, 2.75) is 47.0 Å². The first-order valence-corrected chi connectivity index (χ1v) is 16.7. The van der Waals surface area contributed by atoms with Crippen LogP contribution in [0.3, 0.4) is 0 Å². The van der Waals surface area contributed by atoms with Gasteiger partial charge in [0.25, 0.3) is 0 Å². The molecule has 0 atom stereocenters. The molecule has 1 radical (unpaired) electrons. The molecule has 0 saturated heterocycles. The fraction of sp³-hybridized carbons (Fsp3) is 0.163. The zero-order valence-electron chi connectivity index (χ0n) is 27.9. The molecule has 5 heteroatoms. The quantitative estimate of drug-likeness (QED) is 0.167. The van der Waals surface area contributed by atoms with Crippen molar-refractivity contribution < 1.29 is 24.5 Å². The molecule has 4 heterocycles. The van der Waals surface area contributed by atoms with E-state index in [1.165, 1.54) is 42.8 Å². The molecule has 48 heavy (non-hydrogen) atoms. The van der Waals surface area contributed by atoms with Crippen LogP contribution in [0.25, 0.3) is 65.7 Å². The SMILES string of the molecule is Cc1cc2ccc3c4cc[c-]c(-c5cc(-c6c(C)cccc6C)c(C(C)(C)C)cn5)c4oc3c2s1.[Ir].[c-]1ccccc1-c1ccccn1. The van der Waals surface area contributed by atoms with Crippen molar-refractivity contribution in [3.63, 3.8) is 0 Å². The maximum atomic E-state index is 6.59. The molecular formula is C43H36IrN2OS-2. The number of nitrogens with zero attached hydrogens (tertiary/aromatic N) is 2. The van der Waals surface area contributed by atoms with Crippen LogP contribution in [0.4, 0.5) is 0 Å². The van der Waals surface area contributed by atoms with E-state index in [0.29, 0.717) is 0 Å². The molecule has 8 aromatic rings. The van der Waals surface area contributed by atoms with Crippen LogP contribution in [-0.2, 0) is 25.5 Å². The Morgan fingerprint density at radius 2 is 1.48 bits per heavy atom. The van der Waals surface area contributed by atoms with E-state index < -0.39 is 0 Å². The largest absolute Gasteiger partial charge is 0.499 e. The molecule has 3 nitrogen and oxygen atoms in total. The molecule has 0 aliphatic carbocycles. The van der Waals surface area contributed by atoms with Gasteiger partial charge in [0.15, 0.2) is 0 Å². The average Bonchev–Trinajstić information content (AvgIpc) is 3.65. The molecule has 0 amide bonds. The summed E-state index contributed by atoms with van der Waals surface area (Å²) in [7, 11) is 0. The summed E-state index contributed by atoms with van der Waals surface area (Å²) in [6, 6.07) is 39.7. The molecule has 0 fully saturated rings. The number of aromatic nitrogens is 2. The van der Waals surface area contributed by atoms with Gasteiger partial charge in [0, 0.05) is 42.8 Å². The van der Waals surface area contributed by atoms with E-state index in [2.05, 4.69) is 107 Å². The first kappa shape index (κ1) is 33.5. The summed E-state index contributed by atoms with van der Waals surface area (Å²) in [5.41, 5.74) is 11.9. The maximum absolute atomic E-state index is 6.59. The van der Waals surface area contributed by atoms with Gasteiger partial charge in [0.2, 0.25) is 0 Å². The number of furan rings is 1. The zero-order chi connectivity index (χ0) is 32.7. The maximum Gasteiger partial charge on any atom is 0.138 e. The fourth-order valence-electron chi connectivity index (χ4n) is 6.32. The van der Waals surface area contributed by atoms with Crippen molar-refractivity contribution in [2.75, 3.05) is 0 Å². The van der Waals surface area contributed by atoms with Gasteiger partial charge in [-0.2, -0.15) is 0 Å². The molecule has 0 saturated carbocycles. The predicted octanol–water partition coefficient (Wildman–Crippen LogP) is 12.1. The van der Waals surface area contributed by atoms with Gasteiger partial charge in [0.1, 0.15) is 5.58 Å². The van der Waals surface area contributed by atoms with Crippen molar-refractivity contribution in [1.82, 2.24) is 9.97 Å². The van der Waals surface area contributed by atoms with Crippen LogP contribution in [-0.4, -0.2) is 9.97 Å². The van der Waals surface area contributed by atoms with E-state index in [9.17, 15) is 0 Å². The normalized spacial score (nSPS) is 11.4. The number of rotatable bonds is 3. The third kappa shape index (κ3) is 6.39. The summed E-state index contributed by atoms with van der Waals surface area (Å²) >= 11 is 1.79. The van der Waals surface area contributed by atoms with Crippen LogP contribution in [0.5, 0.6) is 0 Å². The van der Waals surface area contributed by atoms with Crippen LogP contribution < -0.4 is 0 Å². The van der Waals surface area contributed by atoms with Gasteiger partial charge >= 0.3 is 0 Å². The molecule has 0 unspecified atom stereocenters. The topological polar surface area (TPSA) is 38.9 Å². The molecule has 4 aromatic carbocycles. The third-order valence-electron chi connectivity index (χ3n) is 8.58. The first-order valence-electron chi connectivity index (χ1n) is 15.9. The minimum Gasteiger partial charge on any atom is -0.499 e. The Morgan fingerprint density at radius 1 is 0.708 bits per heavy atom. The number of benzene rings is 4. The predicted molar refractivity (Wildman–Crippen MR) is 198 cm³/mol. The van der Waals surface area contributed by atoms with E-state index in [1.807, 2.05) is 54.7 Å². The van der Waals surface area contributed by atoms with Gasteiger partial charge in [-0.05, 0) is 82.9 Å². The molecule has 0 N–H and O–H groups in total. The standard InChI is InChI=1S/C32H28NOS.C11H8N.Ir/c1-18-9-7-10-19(2)28(18)25-16-27(33-17-26(25)32(4,5)6)24-12-8-11-22-23-14-13-21-15-20(3)35-31(21)30(23)34-29(22)24;1-2-6-10(7-3-1)11-8-4-5-9-12-11;/h7-11,13-17H,1-6H3;1-6,8-9H;/q2*-1;. The van der Waals surface area contributed by atoms with Crippen molar-refractivity contribution in [3.8, 4) is 33.6 Å². The Labute approximate surface area is 300 Å². The van der Waals surface area contributed by atoms with Crippen LogP contribution in [0, 0.1) is 32.9 Å². The van der Waals surface area contributed by atoms with Crippen LogP contribution in [0.1, 0.15) is 42.3 Å². The van der Waals surface area contributed by atoms with Crippen LogP contribution in [0.2, 0.25) is 0 Å². The van der Waals surface area contributed by atoms with Crippen molar-refractivity contribution >= 4 is 43.4 Å². The molecule has 0 aliphatic rings. The number of hydrogen-bond acceptors (Lipinski definition) is 4. The summed E-state index contributed by atoms with van der Waals surface area (Å²) in [6.07, 6.45) is 3.84.